The molecule has 0 rings (SSSR count). The molecule has 25 heavy (non-hydrogen) atoms. The fraction of sp³-hybridized carbons (Fsp3) is 0.812. The Morgan fingerprint density at radius 3 is 2.60 bits per heavy atom. The lowest BCUT2D eigenvalue weighted by Gasteiger charge is -2.16. The highest BCUT2D eigenvalue weighted by molar-refractivity contribution is 7.94. The second-order valence-corrected chi connectivity index (χ2v) is 7.37. The van der Waals surface area contributed by atoms with Crippen molar-refractivity contribution in [2.45, 2.75) is 45.3 Å². The maximum atomic E-state index is 11.7. The van der Waals surface area contributed by atoms with Crippen LogP contribution in [0.2, 0.25) is 0 Å². The van der Waals surface area contributed by atoms with Gasteiger partial charge in [-0.15, -0.1) is 0 Å². The highest BCUT2D eigenvalue weighted by Gasteiger charge is 2.11. The van der Waals surface area contributed by atoms with Gasteiger partial charge in [0.05, 0.1) is 19.0 Å². The van der Waals surface area contributed by atoms with Gasteiger partial charge in [0, 0.05) is 18.6 Å². The van der Waals surface area contributed by atoms with Crippen molar-refractivity contribution in [2.75, 3.05) is 38.4 Å². The van der Waals surface area contributed by atoms with E-state index in [9.17, 15) is 9.00 Å². The second kappa shape index (κ2) is 16.8. The van der Waals surface area contributed by atoms with Crippen molar-refractivity contribution in [1.82, 2.24) is 0 Å². The summed E-state index contributed by atoms with van der Waals surface area (Å²) in [5.41, 5.74) is 0. The zero-order valence-electron chi connectivity index (χ0n) is 15.3. The molecule has 0 saturated carbocycles. The number of hydrogen-bond donors (Lipinski definition) is 0. The van der Waals surface area contributed by atoms with E-state index < -0.39 is 17.2 Å². The fourth-order valence-corrected chi connectivity index (χ4v) is 3.17. The molecular weight excluding hydrogens is 368 g/mol. The summed E-state index contributed by atoms with van der Waals surface area (Å²) in [5.74, 6) is 1.95. The summed E-state index contributed by atoms with van der Waals surface area (Å²) >= 11 is 0.0136. The van der Waals surface area contributed by atoms with E-state index in [0.717, 1.165) is 25.0 Å². The Labute approximate surface area is 157 Å². The Hall–Kier alpha value is -0.610. The first-order valence-electron chi connectivity index (χ1n) is 8.19. The van der Waals surface area contributed by atoms with Crippen molar-refractivity contribution >= 4 is 29.6 Å². The van der Waals surface area contributed by atoms with Crippen LogP contribution in [0.15, 0.2) is 12.3 Å². The zero-order valence-corrected chi connectivity index (χ0v) is 16.9. The number of carbonyl (C=O) groups excluding carboxylic acids is 1. The van der Waals surface area contributed by atoms with Gasteiger partial charge < -0.3 is 18.4 Å². The molecule has 7 nitrogen and oxygen atoms in total. The normalized spacial score (nSPS) is 14.5. The van der Waals surface area contributed by atoms with Crippen LogP contribution in [0.5, 0.6) is 0 Å². The Morgan fingerprint density at radius 2 is 2.00 bits per heavy atom. The quantitative estimate of drug-likeness (QED) is 0.151. The molecule has 0 spiro atoms. The van der Waals surface area contributed by atoms with E-state index in [1.165, 1.54) is 19.2 Å². The number of ether oxygens (including phenoxy) is 3. The first kappa shape index (κ1) is 24.4. The van der Waals surface area contributed by atoms with E-state index in [-0.39, 0.29) is 19.3 Å². The summed E-state index contributed by atoms with van der Waals surface area (Å²) in [7, 11) is 1.48. The van der Waals surface area contributed by atoms with Crippen LogP contribution in [-0.2, 0) is 38.5 Å². The van der Waals surface area contributed by atoms with Gasteiger partial charge in [-0.05, 0) is 38.2 Å². The summed E-state index contributed by atoms with van der Waals surface area (Å²) in [4.78, 5) is 10.1. The van der Waals surface area contributed by atoms with Crippen LogP contribution in [0, 0.1) is 0 Å². The molecule has 0 bridgehead atoms. The van der Waals surface area contributed by atoms with E-state index in [2.05, 4.69) is 11.3 Å². The molecule has 0 fully saturated rings. The van der Waals surface area contributed by atoms with Crippen LogP contribution in [0.3, 0.4) is 0 Å². The maximum absolute atomic E-state index is 11.7. The number of allylic oxidation sites excluding steroid dienone is 1. The van der Waals surface area contributed by atoms with Gasteiger partial charge in [-0.1, -0.05) is 13.5 Å². The third-order valence-electron chi connectivity index (χ3n) is 3.02. The summed E-state index contributed by atoms with van der Waals surface area (Å²) in [6.07, 6.45) is 2.13. The number of carbonyl (C=O) groups is 1. The van der Waals surface area contributed by atoms with Crippen molar-refractivity contribution in [1.29, 1.82) is 0 Å². The molecule has 0 aliphatic carbocycles. The SMILES string of the molecule is C=C(C)OC(CC)COSCCCCS(=O)OCC(COC=O)OC. The molecule has 0 aromatic rings. The molecule has 3 atom stereocenters. The minimum atomic E-state index is -1.37. The lowest BCUT2D eigenvalue weighted by molar-refractivity contribution is -0.132. The van der Waals surface area contributed by atoms with Crippen LogP contribution in [0.25, 0.3) is 0 Å². The molecule has 0 radical (unpaired) electrons. The predicted octanol–water partition coefficient (Wildman–Crippen LogP) is 2.63. The summed E-state index contributed by atoms with van der Waals surface area (Å²) in [5, 5.41) is 0. The van der Waals surface area contributed by atoms with Crippen molar-refractivity contribution in [2.24, 2.45) is 0 Å². The van der Waals surface area contributed by atoms with Gasteiger partial charge in [0.2, 0.25) is 0 Å². The Balaban J connectivity index is 3.59. The highest BCUT2D eigenvalue weighted by atomic mass is 32.2. The first-order valence-corrected chi connectivity index (χ1v) is 10.3. The van der Waals surface area contributed by atoms with E-state index in [1.807, 2.05) is 13.8 Å². The minimum absolute atomic E-state index is 0.0304. The summed E-state index contributed by atoms with van der Waals surface area (Å²) < 4.78 is 37.6. The molecule has 0 saturated heterocycles. The highest BCUT2D eigenvalue weighted by Crippen LogP contribution is 2.11. The molecule has 9 heteroatoms. The molecule has 0 N–H and O–H groups in total. The minimum Gasteiger partial charge on any atom is -0.493 e. The fourth-order valence-electron chi connectivity index (χ4n) is 1.63. The van der Waals surface area contributed by atoms with Crippen molar-refractivity contribution in [3.8, 4) is 0 Å². The monoisotopic (exact) mass is 398 g/mol. The van der Waals surface area contributed by atoms with Gasteiger partial charge in [-0.25, -0.2) is 4.21 Å². The van der Waals surface area contributed by atoms with E-state index in [0.29, 0.717) is 24.6 Å². The van der Waals surface area contributed by atoms with E-state index in [4.69, 9.17) is 17.8 Å². The topological polar surface area (TPSA) is 80.3 Å². The van der Waals surface area contributed by atoms with Crippen LogP contribution < -0.4 is 0 Å². The molecule has 0 aromatic carbocycles. The third-order valence-corrected chi connectivity index (χ3v) is 4.80. The lowest BCUT2D eigenvalue weighted by atomic mass is 10.3. The smallest absolute Gasteiger partial charge is 0.293 e. The largest absolute Gasteiger partial charge is 0.493 e. The second-order valence-electron chi connectivity index (χ2n) is 5.24. The third kappa shape index (κ3) is 15.4. The Kier molecular flexibility index (Phi) is 16.4. The predicted molar refractivity (Wildman–Crippen MR) is 99.4 cm³/mol. The number of unbranched alkanes of at least 4 members (excludes halogenated alkanes) is 1. The number of hydrogen-bond acceptors (Lipinski definition) is 8. The van der Waals surface area contributed by atoms with E-state index in [1.54, 1.807) is 0 Å². The van der Waals surface area contributed by atoms with Crippen molar-refractivity contribution in [3.63, 3.8) is 0 Å². The molecule has 3 unspecified atom stereocenters. The molecule has 148 valence electrons. The van der Waals surface area contributed by atoms with Crippen LogP contribution in [-0.4, -0.2) is 61.3 Å². The van der Waals surface area contributed by atoms with Gasteiger partial charge in [0.1, 0.15) is 18.8 Å². The average Bonchev–Trinajstić information content (AvgIpc) is 2.59. The molecule has 0 heterocycles. The molecule has 0 aliphatic heterocycles. The summed E-state index contributed by atoms with van der Waals surface area (Å²) in [6.45, 7) is 8.64. The van der Waals surface area contributed by atoms with Gasteiger partial charge in [-0.3, -0.25) is 8.98 Å². The molecule has 0 aliphatic rings. The van der Waals surface area contributed by atoms with Gasteiger partial charge in [0.25, 0.3) is 6.47 Å². The van der Waals surface area contributed by atoms with Gasteiger partial charge in [-0.2, -0.15) is 0 Å². The molecular formula is C16H30O7S2. The maximum Gasteiger partial charge on any atom is 0.293 e. The van der Waals surface area contributed by atoms with Crippen molar-refractivity contribution < 1.29 is 31.6 Å². The van der Waals surface area contributed by atoms with Gasteiger partial charge >= 0.3 is 0 Å². The van der Waals surface area contributed by atoms with Crippen LogP contribution in [0.4, 0.5) is 0 Å². The summed E-state index contributed by atoms with van der Waals surface area (Å²) in [6, 6.07) is 0. The standard InChI is InChI=1S/C16H30O7S2/c1-5-15(23-14(2)3)11-21-24-8-6-7-9-25(18)22-12-16(19-4)10-20-13-17/h13,15-16H,2,5-12H2,1,3-4H3. The van der Waals surface area contributed by atoms with Crippen LogP contribution >= 0.6 is 12.0 Å². The Bertz CT molecular complexity index is 379. The zero-order chi connectivity index (χ0) is 18.9. The molecule has 0 amide bonds. The lowest BCUT2D eigenvalue weighted by Crippen LogP contribution is -2.25. The van der Waals surface area contributed by atoms with E-state index >= 15 is 0 Å². The number of methoxy groups -OCH3 is 1. The number of rotatable bonds is 18. The first-order chi connectivity index (χ1) is 12.0. The van der Waals surface area contributed by atoms with Crippen LogP contribution in [0.1, 0.15) is 33.1 Å². The molecule has 0 aromatic heterocycles. The Morgan fingerprint density at radius 1 is 1.24 bits per heavy atom. The average molecular weight is 399 g/mol. The van der Waals surface area contributed by atoms with Crippen molar-refractivity contribution in [3.05, 3.63) is 12.3 Å². The van der Waals surface area contributed by atoms with Gasteiger partial charge in [0.15, 0.2) is 11.1 Å².